The Bertz CT molecular complexity index is 408. The molecule has 0 radical (unpaired) electrons. The first-order valence-electron chi connectivity index (χ1n) is 6.05. The minimum Gasteiger partial charge on any atom is -0.364 e. The van der Waals surface area contributed by atoms with Gasteiger partial charge in [-0.2, -0.15) is 0 Å². The number of rotatable bonds is 2. The maximum absolute atomic E-state index is 9.37. The molecule has 0 saturated carbocycles. The Balaban J connectivity index is 2.61. The predicted octanol–water partition coefficient (Wildman–Crippen LogP) is 2.73. The van der Waals surface area contributed by atoms with Crippen LogP contribution >= 0.6 is 0 Å². The average Bonchev–Trinajstić information content (AvgIpc) is 2.67. The summed E-state index contributed by atoms with van der Waals surface area (Å²) in [4.78, 5) is 0. The normalized spacial score (nSPS) is 19.2. The largest absolute Gasteiger partial charge is 0.364 e. The van der Waals surface area contributed by atoms with Crippen LogP contribution in [0.15, 0.2) is 6.07 Å². The standard InChI is InChI=1S/C14H20O2/c1-4-10-5-6-11-8(2)7-12(14(15)16)9(3)13(10)11/h7,10,14-16H,4-6H2,1-3H3. The second kappa shape index (κ2) is 4.19. The van der Waals surface area contributed by atoms with Gasteiger partial charge in [-0.25, -0.2) is 0 Å². The topological polar surface area (TPSA) is 40.5 Å². The zero-order chi connectivity index (χ0) is 11.9. The zero-order valence-corrected chi connectivity index (χ0v) is 10.2. The molecule has 2 nitrogen and oxygen atoms in total. The van der Waals surface area contributed by atoms with Crippen LogP contribution in [0.1, 0.15) is 59.8 Å². The Morgan fingerprint density at radius 3 is 2.62 bits per heavy atom. The van der Waals surface area contributed by atoms with Gasteiger partial charge < -0.3 is 10.2 Å². The van der Waals surface area contributed by atoms with E-state index >= 15 is 0 Å². The third-order valence-electron chi connectivity index (χ3n) is 3.93. The van der Waals surface area contributed by atoms with E-state index in [9.17, 15) is 10.2 Å². The van der Waals surface area contributed by atoms with Gasteiger partial charge in [0.1, 0.15) is 0 Å². The van der Waals surface area contributed by atoms with Gasteiger partial charge in [-0.3, -0.25) is 0 Å². The van der Waals surface area contributed by atoms with Crippen molar-refractivity contribution in [2.24, 2.45) is 0 Å². The van der Waals surface area contributed by atoms with Crippen molar-refractivity contribution in [2.45, 2.75) is 52.2 Å². The van der Waals surface area contributed by atoms with Gasteiger partial charge >= 0.3 is 0 Å². The Morgan fingerprint density at radius 1 is 1.38 bits per heavy atom. The van der Waals surface area contributed by atoms with Crippen molar-refractivity contribution in [3.63, 3.8) is 0 Å². The van der Waals surface area contributed by atoms with Crippen LogP contribution in [-0.4, -0.2) is 10.2 Å². The van der Waals surface area contributed by atoms with E-state index in [2.05, 4.69) is 13.8 Å². The molecule has 88 valence electrons. The van der Waals surface area contributed by atoms with Crippen LogP contribution < -0.4 is 0 Å². The van der Waals surface area contributed by atoms with Gasteiger partial charge in [0.15, 0.2) is 6.29 Å². The van der Waals surface area contributed by atoms with Crippen LogP contribution in [0, 0.1) is 13.8 Å². The predicted molar refractivity (Wildman–Crippen MR) is 64.4 cm³/mol. The highest BCUT2D eigenvalue weighted by molar-refractivity contribution is 5.50. The van der Waals surface area contributed by atoms with E-state index in [4.69, 9.17) is 0 Å². The van der Waals surface area contributed by atoms with Crippen LogP contribution in [-0.2, 0) is 6.42 Å². The van der Waals surface area contributed by atoms with Gasteiger partial charge in [0.05, 0.1) is 0 Å². The summed E-state index contributed by atoms with van der Waals surface area (Å²) >= 11 is 0. The molecule has 1 aromatic rings. The Hall–Kier alpha value is -0.860. The zero-order valence-electron chi connectivity index (χ0n) is 10.2. The second-order valence-corrected chi connectivity index (χ2v) is 4.82. The van der Waals surface area contributed by atoms with Gasteiger partial charge in [0.2, 0.25) is 0 Å². The Labute approximate surface area is 96.9 Å². The van der Waals surface area contributed by atoms with E-state index in [-0.39, 0.29) is 0 Å². The summed E-state index contributed by atoms with van der Waals surface area (Å²) in [5.41, 5.74) is 5.79. The molecule has 2 heteroatoms. The van der Waals surface area contributed by atoms with Crippen molar-refractivity contribution >= 4 is 0 Å². The van der Waals surface area contributed by atoms with Crippen molar-refractivity contribution in [3.05, 3.63) is 33.9 Å². The van der Waals surface area contributed by atoms with E-state index < -0.39 is 6.29 Å². The number of benzene rings is 1. The van der Waals surface area contributed by atoms with E-state index in [1.807, 2.05) is 13.0 Å². The van der Waals surface area contributed by atoms with Crippen LogP contribution in [0.5, 0.6) is 0 Å². The molecule has 0 spiro atoms. The molecule has 1 aliphatic carbocycles. The lowest BCUT2D eigenvalue weighted by atomic mass is 9.89. The molecule has 1 aromatic carbocycles. The summed E-state index contributed by atoms with van der Waals surface area (Å²) < 4.78 is 0. The fourth-order valence-corrected chi connectivity index (χ4v) is 3.05. The van der Waals surface area contributed by atoms with Gasteiger partial charge in [-0.15, -0.1) is 0 Å². The van der Waals surface area contributed by atoms with Crippen molar-refractivity contribution in [1.82, 2.24) is 0 Å². The highest BCUT2D eigenvalue weighted by Crippen LogP contribution is 2.41. The number of hydrogen-bond acceptors (Lipinski definition) is 2. The van der Waals surface area contributed by atoms with Crippen LogP contribution in [0.2, 0.25) is 0 Å². The highest BCUT2D eigenvalue weighted by Gasteiger charge is 2.26. The lowest BCUT2D eigenvalue weighted by Gasteiger charge is -2.18. The molecule has 2 N–H and O–H groups in total. The van der Waals surface area contributed by atoms with Crippen LogP contribution in [0.4, 0.5) is 0 Å². The molecule has 16 heavy (non-hydrogen) atoms. The average molecular weight is 220 g/mol. The third-order valence-corrected chi connectivity index (χ3v) is 3.93. The summed E-state index contributed by atoms with van der Waals surface area (Å²) in [7, 11) is 0. The van der Waals surface area contributed by atoms with Gasteiger partial charge in [0, 0.05) is 5.56 Å². The van der Waals surface area contributed by atoms with E-state index in [1.165, 1.54) is 23.1 Å². The fourth-order valence-electron chi connectivity index (χ4n) is 3.05. The summed E-state index contributed by atoms with van der Waals surface area (Å²) in [5, 5.41) is 18.7. The number of hydrogen-bond donors (Lipinski definition) is 2. The van der Waals surface area contributed by atoms with E-state index in [1.54, 1.807) is 0 Å². The molecular weight excluding hydrogens is 200 g/mol. The maximum Gasteiger partial charge on any atom is 0.178 e. The molecule has 0 bridgehead atoms. The number of fused-ring (bicyclic) bond motifs is 1. The monoisotopic (exact) mass is 220 g/mol. The number of aliphatic hydroxyl groups excluding tert-OH is 1. The SMILES string of the molecule is CCC1CCc2c(C)cc(C(O)O)c(C)c21. The quantitative estimate of drug-likeness (QED) is 0.752. The number of aryl methyl sites for hydroxylation is 1. The van der Waals surface area contributed by atoms with Gasteiger partial charge in [-0.1, -0.05) is 13.0 Å². The van der Waals surface area contributed by atoms with Crippen molar-refractivity contribution in [3.8, 4) is 0 Å². The second-order valence-electron chi connectivity index (χ2n) is 4.82. The molecule has 0 amide bonds. The molecule has 0 heterocycles. The highest BCUT2D eigenvalue weighted by atomic mass is 16.5. The smallest absolute Gasteiger partial charge is 0.178 e. The minimum absolute atomic E-state index is 0.604. The molecule has 0 fully saturated rings. The maximum atomic E-state index is 9.37. The van der Waals surface area contributed by atoms with E-state index in [0.29, 0.717) is 11.5 Å². The molecule has 0 aromatic heterocycles. The van der Waals surface area contributed by atoms with Gasteiger partial charge in [-0.05, 0) is 61.3 Å². The van der Waals surface area contributed by atoms with Crippen LogP contribution in [0.3, 0.4) is 0 Å². The molecule has 0 aliphatic heterocycles. The van der Waals surface area contributed by atoms with Crippen molar-refractivity contribution in [1.29, 1.82) is 0 Å². The Morgan fingerprint density at radius 2 is 2.06 bits per heavy atom. The summed E-state index contributed by atoms with van der Waals surface area (Å²) in [6.45, 7) is 6.29. The molecular formula is C14H20O2. The molecule has 0 saturated heterocycles. The third kappa shape index (κ3) is 1.66. The summed E-state index contributed by atoms with van der Waals surface area (Å²) in [6, 6.07) is 1.93. The molecule has 2 rings (SSSR count). The van der Waals surface area contributed by atoms with Gasteiger partial charge in [0.25, 0.3) is 0 Å². The number of aliphatic hydroxyl groups is 2. The first-order chi connectivity index (χ1) is 7.56. The summed E-state index contributed by atoms with van der Waals surface area (Å²) in [5.74, 6) is 0.604. The Kier molecular flexibility index (Phi) is 3.04. The lowest BCUT2D eigenvalue weighted by Crippen LogP contribution is -2.05. The molecule has 1 aliphatic rings. The van der Waals surface area contributed by atoms with Crippen molar-refractivity contribution < 1.29 is 10.2 Å². The summed E-state index contributed by atoms with van der Waals surface area (Å²) in [6.07, 6.45) is 2.14. The minimum atomic E-state index is -1.35. The first kappa shape index (κ1) is 11.6. The lowest BCUT2D eigenvalue weighted by molar-refractivity contribution is -0.0430. The molecule has 1 atom stereocenters. The molecule has 1 unspecified atom stereocenters. The van der Waals surface area contributed by atoms with E-state index in [0.717, 1.165) is 18.4 Å². The van der Waals surface area contributed by atoms with Crippen molar-refractivity contribution in [2.75, 3.05) is 0 Å². The first-order valence-corrected chi connectivity index (χ1v) is 6.05. The fraction of sp³-hybridized carbons (Fsp3) is 0.571. The van der Waals surface area contributed by atoms with Crippen LogP contribution in [0.25, 0.3) is 0 Å².